The number of methoxy groups -OCH3 is 1. The van der Waals surface area contributed by atoms with Crippen LogP contribution in [0.25, 0.3) is 5.57 Å². The van der Waals surface area contributed by atoms with Crippen LogP contribution in [0.1, 0.15) is 37.6 Å². The van der Waals surface area contributed by atoms with Crippen LogP contribution < -0.4 is 9.47 Å². The Morgan fingerprint density at radius 1 is 0.878 bits per heavy atom. The SMILES string of the molecule is COC(=O)COc1ccc(OC/C=C(\c2ccc(C#Cc3ccc(C)s3)cc2)c2ccc(C(F)(F)F)cc2)cc1C. The molecule has 0 aliphatic carbocycles. The van der Waals surface area contributed by atoms with E-state index < -0.39 is 17.7 Å². The zero-order valence-corrected chi connectivity index (χ0v) is 23.5. The third-order valence-corrected chi connectivity index (χ3v) is 6.96. The number of hydrogen-bond donors (Lipinski definition) is 0. The summed E-state index contributed by atoms with van der Waals surface area (Å²) < 4.78 is 55.5. The summed E-state index contributed by atoms with van der Waals surface area (Å²) in [6.07, 6.45) is -2.59. The van der Waals surface area contributed by atoms with Gasteiger partial charge in [-0.3, -0.25) is 0 Å². The van der Waals surface area contributed by atoms with E-state index in [1.54, 1.807) is 29.5 Å². The monoisotopic (exact) mass is 576 g/mol. The molecule has 0 atom stereocenters. The molecule has 0 N–H and O–H groups in total. The molecule has 0 aliphatic rings. The number of benzene rings is 3. The minimum absolute atomic E-state index is 0.164. The van der Waals surface area contributed by atoms with Gasteiger partial charge in [0.2, 0.25) is 0 Å². The van der Waals surface area contributed by atoms with Gasteiger partial charge in [-0.25, -0.2) is 4.79 Å². The van der Waals surface area contributed by atoms with Crippen LogP contribution >= 0.6 is 11.3 Å². The summed E-state index contributed by atoms with van der Waals surface area (Å²) in [6.45, 7) is 3.82. The molecule has 4 nitrogen and oxygen atoms in total. The van der Waals surface area contributed by atoms with Gasteiger partial charge in [-0.05, 0) is 96.8 Å². The summed E-state index contributed by atoms with van der Waals surface area (Å²) in [5, 5.41) is 0. The third kappa shape index (κ3) is 8.26. The molecule has 0 amide bonds. The number of halogens is 3. The molecule has 1 heterocycles. The molecule has 4 aromatic rings. The minimum Gasteiger partial charge on any atom is -0.489 e. The van der Waals surface area contributed by atoms with Crippen molar-refractivity contribution in [2.75, 3.05) is 20.3 Å². The van der Waals surface area contributed by atoms with Gasteiger partial charge in [-0.15, -0.1) is 11.3 Å². The quantitative estimate of drug-likeness (QED) is 0.158. The fourth-order valence-electron chi connectivity index (χ4n) is 3.90. The van der Waals surface area contributed by atoms with E-state index in [0.717, 1.165) is 39.3 Å². The first-order chi connectivity index (χ1) is 19.6. The standard InChI is InChI=1S/C33H27F3O4S/c1-22-20-28(14-17-31(22)40-21-32(37)38-3)39-19-18-30(26-10-12-27(13-11-26)33(34,35)36)25-8-5-24(6-9-25)7-16-29-15-4-23(2)41-29/h4-6,8-15,17-18,20H,19,21H2,1-3H3/b30-18+. The largest absolute Gasteiger partial charge is 0.489 e. The molecule has 0 aliphatic heterocycles. The number of hydrogen-bond acceptors (Lipinski definition) is 5. The molecule has 210 valence electrons. The van der Waals surface area contributed by atoms with Crippen molar-refractivity contribution in [3.63, 3.8) is 0 Å². The number of alkyl halides is 3. The smallest absolute Gasteiger partial charge is 0.416 e. The highest BCUT2D eigenvalue weighted by atomic mass is 32.1. The maximum Gasteiger partial charge on any atom is 0.416 e. The molecule has 41 heavy (non-hydrogen) atoms. The van der Waals surface area contributed by atoms with E-state index in [9.17, 15) is 18.0 Å². The number of thiophene rings is 1. The highest BCUT2D eigenvalue weighted by Crippen LogP contribution is 2.32. The van der Waals surface area contributed by atoms with E-state index in [2.05, 4.69) is 16.6 Å². The lowest BCUT2D eigenvalue weighted by atomic mass is 9.96. The van der Waals surface area contributed by atoms with Crippen molar-refractivity contribution in [1.82, 2.24) is 0 Å². The van der Waals surface area contributed by atoms with Crippen molar-refractivity contribution in [2.45, 2.75) is 20.0 Å². The zero-order chi connectivity index (χ0) is 29.4. The molecule has 0 saturated heterocycles. The molecule has 0 bridgehead atoms. The number of carbonyl (C=O) groups is 1. The lowest BCUT2D eigenvalue weighted by Crippen LogP contribution is -2.13. The Balaban J connectivity index is 1.55. The maximum absolute atomic E-state index is 13.2. The molecule has 8 heteroatoms. The predicted octanol–water partition coefficient (Wildman–Crippen LogP) is 7.85. The minimum atomic E-state index is -4.42. The number of ether oxygens (including phenoxy) is 3. The van der Waals surface area contributed by atoms with E-state index in [1.807, 2.05) is 56.3 Å². The summed E-state index contributed by atoms with van der Waals surface area (Å²) >= 11 is 1.63. The molecule has 0 unspecified atom stereocenters. The molecule has 0 spiro atoms. The Bertz CT molecular complexity index is 1590. The average Bonchev–Trinajstić information content (AvgIpc) is 3.38. The number of aryl methyl sites for hydroxylation is 2. The van der Waals surface area contributed by atoms with Gasteiger partial charge in [0.1, 0.15) is 18.1 Å². The maximum atomic E-state index is 13.2. The second-order valence-electron chi connectivity index (χ2n) is 9.03. The summed E-state index contributed by atoms with van der Waals surface area (Å²) in [7, 11) is 1.29. The van der Waals surface area contributed by atoms with Crippen molar-refractivity contribution in [1.29, 1.82) is 0 Å². The Morgan fingerprint density at radius 2 is 1.56 bits per heavy atom. The van der Waals surface area contributed by atoms with Crippen LogP contribution in [0.4, 0.5) is 13.2 Å². The third-order valence-electron chi connectivity index (χ3n) is 6.05. The topological polar surface area (TPSA) is 44.8 Å². The van der Waals surface area contributed by atoms with Gasteiger partial charge < -0.3 is 14.2 Å². The average molecular weight is 577 g/mol. The van der Waals surface area contributed by atoms with Gasteiger partial charge in [0.25, 0.3) is 0 Å². The molecular formula is C33H27F3O4S. The predicted molar refractivity (Wildman–Crippen MR) is 154 cm³/mol. The summed E-state index contributed by atoms with van der Waals surface area (Å²) in [5.41, 5.74) is 3.05. The lowest BCUT2D eigenvalue weighted by molar-refractivity contribution is -0.143. The van der Waals surface area contributed by atoms with Crippen molar-refractivity contribution in [3.8, 4) is 23.3 Å². The highest BCUT2D eigenvalue weighted by Gasteiger charge is 2.30. The van der Waals surface area contributed by atoms with E-state index in [0.29, 0.717) is 17.1 Å². The molecule has 0 saturated carbocycles. The van der Waals surface area contributed by atoms with Crippen LogP contribution in [0.3, 0.4) is 0 Å². The molecule has 3 aromatic carbocycles. The van der Waals surface area contributed by atoms with Crippen LogP contribution in [0, 0.1) is 25.7 Å². The van der Waals surface area contributed by atoms with Crippen molar-refractivity contribution >= 4 is 22.9 Å². The van der Waals surface area contributed by atoms with Gasteiger partial charge in [0.15, 0.2) is 6.61 Å². The molecule has 1 aromatic heterocycles. The van der Waals surface area contributed by atoms with Crippen LogP contribution in [-0.4, -0.2) is 26.3 Å². The first-order valence-electron chi connectivity index (χ1n) is 12.6. The summed E-state index contributed by atoms with van der Waals surface area (Å²) in [6, 6.07) is 21.8. The Hall–Kier alpha value is -4.48. The van der Waals surface area contributed by atoms with Gasteiger partial charge in [0.05, 0.1) is 17.6 Å². The van der Waals surface area contributed by atoms with E-state index in [4.69, 9.17) is 9.47 Å². The van der Waals surface area contributed by atoms with Gasteiger partial charge >= 0.3 is 12.1 Å². The molecule has 4 rings (SSSR count). The molecular weight excluding hydrogens is 549 g/mol. The summed E-state index contributed by atoms with van der Waals surface area (Å²) in [4.78, 5) is 13.5. The molecule has 0 radical (unpaired) electrons. The van der Waals surface area contributed by atoms with Crippen LogP contribution in [0.2, 0.25) is 0 Å². The second kappa shape index (κ2) is 13.2. The highest BCUT2D eigenvalue weighted by molar-refractivity contribution is 7.12. The first kappa shape index (κ1) is 29.5. The second-order valence-corrected chi connectivity index (χ2v) is 10.3. The number of esters is 1. The van der Waals surface area contributed by atoms with Crippen LogP contribution in [-0.2, 0) is 15.7 Å². The van der Waals surface area contributed by atoms with Crippen molar-refractivity contribution in [2.24, 2.45) is 0 Å². The zero-order valence-electron chi connectivity index (χ0n) is 22.7. The van der Waals surface area contributed by atoms with Crippen molar-refractivity contribution < 1.29 is 32.2 Å². The van der Waals surface area contributed by atoms with Gasteiger partial charge in [-0.2, -0.15) is 13.2 Å². The normalized spacial score (nSPS) is 11.4. The lowest BCUT2D eigenvalue weighted by Gasteiger charge is -2.13. The Kier molecular flexibility index (Phi) is 9.53. The van der Waals surface area contributed by atoms with Gasteiger partial charge in [0, 0.05) is 10.4 Å². The Labute approximate surface area is 241 Å². The Morgan fingerprint density at radius 3 is 2.15 bits per heavy atom. The van der Waals surface area contributed by atoms with E-state index >= 15 is 0 Å². The number of carbonyl (C=O) groups excluding carboxylic acids is 1. The van der Waals surface area contributed by atoms with Crippen LogP contribution in [0.15, 0.2) is 84.9 Å². The van der Waals surface area contributed by atoms with Crippen LogP contribution in [0.5, 0.6) is 11.5 Å². The van der Waals surface area contributed by atoms with E-state index in [1.165, 1.54) is 24.1 Å². The fraction of sp³-hybridized carbons (Fsp3) is 0.182. The van der Waals surface area contributed by atoms with E-state index in [-0.39, 0.29) is 13.2 Å². The first-order valence-corrected chi connectivity index (χ1v) is 13.4. The molecule has 0 fully saturated rings. The van der Waals surface area contributed by atoms with Crippen molar-refractivity contribution in [3.05, 3.63) is 123 Å². The van der Waals surface area contributed by atoms with Gasteiger partial charge in [-0.1, -0.05) is 36.1 Å². The fourth-order valence-corrected chi connectivity index (χ4v) is 4.62. The number of rotatable bonds is 8. The summed E-state index contributed by atoms with van der Waals surface area (Å²) in [5.74, 6) is 6.93.